The molecule has 3 heterocycles. The van der Waals surface area contributed by atoms with E-state index in [0.717, 1.165) is 16.9 Å². The number of β-amino-alcohol motifs (C(OH)–C–C–N with tert-alkyl or cyclic N) is 1. The van der Waals surface area contributed by atoms with E-state index < -0.39 is 6.10 Å². The third kappa shape index (κ3) is 2.76. The molecule has 1 N–H and O–H groups in total. The highest BCUT2D eigenvalue weighted by atomic mass is 16.5. The number of aliphatic hydroxyl groups is 1. The lowest BCUT2D eigenvalue weighted by molar-refractivity contribution is 0.0736. The molecule has 126 valence electrons. The van der Waals surface area contributed by atoms with Gasteiger partial charge in [-0.1, -0.05) is 12.1 Å². The van der Waals surface area contributed by atoms with Gasteiger partial charge in [0.2, 0.25) is 0 Å². The number of nitrogens with zero attached hydrogens (tertiary/aromatic N) is 5. The van der Waals surface area contributed by atoms with Gasteiger partial charge in [0.05, 0.1) is 30.0 Å². The number of para-hydroxylation sites is 2. The van der Waals surface area contributed by atoms with E-state index in [2.05, 4.69) is 20.6 Å². The lowest BCUT2D eigenvalue weighted by Gasteiger charge is -2.16. The minimum atomic E-state index is -0.514. The molecule has 7 heteroatoms. The standard InChI is InChI=1S/C17H21N5O2/c1-20-8-12(7-18-20)24-16-10-22(9-15(16)23)11-17-19-13-5-3-4-6-14(13)21(17)2/h3-8,15-16,23H,9-11H2,1-2H3/t15-,16-/m1/s1. The third-order valence-electron chi connectivity index (χ3n) is 4.53. The summed E-state index contributed by atoms with van der Waals surface area (Å²) in [4.78, 5) is 6.87. The summed E-state index contributed by atoms with van der Waals surface area (Å²) in [6.45, 7) is 1.93. The van der Waals surface area contributed by atoms with Gasteiger partial charge in [0.1, 0.15) is 18.0 Å². The van der Waals surface area contributed by atoms with Crippen LogP contribution in [0.25, 0.3) is 11.0 Å². The third-order valence-corrected chi connectivity index (χ3v) is 4.53. The molecule has 2 atom stereocenters. The molecule has 0 amide bonds. The molecule has 0 aliphatic carbocycles. The second-order valence-corrected chi connectivity index (χ2v) is 6.34. The maximum absolute atomic E-state index is 10.3. The Balaban J connectivity index is 1.46. The van der Waals surface area contributed by atoms with Crippen LogP contribution in [-0.2, 0) is 20.6 Å². The Morgan fingerprint density at radius 2 is 2.08 bits per heavy atom. The van der Waals surface area contributed by atoms with Gasteiger partial charge in [-0.25, -0.2) is 4.98 Å². The van der Waals surface area contributed by atoms with Gasteiger partial charge in [0.25, 0.3) is 0 Å². The van der Waals surface area contributed by atoms with Gasteiger partial charge in [-0.2, -0.15) is 5.10 Å². The van der Waals surface area contributed by atoms with E-state index >= 15 is 0 Å². The summed E-state index contributed by atoms with van der Waals surface area (Å²) in [5.41, 5.74) is 2.12. The molecule has 1 saturated heterocycles. The summed E-state index contributed by atoms with van der Waals surface area (Å²) in [5, 5.41) is 14.4. The number of hydrogen-bond donors (Lipinski definition) is 1. The second-order valence-electron chi connectivity index (χ2n) is 6.34. The molecule has 0 radical (unpaired) electrons. The smallest absolute Gasteiger partial charge is 0.157 e. The van der Waals surface area contributed by atoms with Crippen LogP contribution in [0.15, 0.2) is 36.7 Å². The molecular weight excluding hydrogens is 306 g/mol. The first kappa shape index (κ1) is 15.2. The van der Waals surface area contributed by atoms with Crippen LogP contribution >= 0.6 is 0 Å². The number of rotatable bonds is 4. The van der Waals surface area contributed by atoms with E-state index in [1.807, 2.05) is 32.3 Å². The Morgan fingerprint density at radius 1 is 1.25 bits per heavy atom. The summed E-state index contributed by atoms with van der Waals surface area (Å²) in [5.74, 6) is 1.68. The van der Waals surface area contributed by atoms with Crippen LogP contribution in [0.1, 0.15) is 5.82 Å². The Bertz CT molecular complexity index is 856. The summed E-state index contributed by atoms with van der Waals surface area (Å²) >= 11 is 0. The molecular formula is C17H21N5O2. The van der Waals surface area contributed by atoms with Crippen molar-refractivity contribution < 1.29 is 9.84 Å². The molecule has 3 aromatic rings. The lowest BCUT2D eigenvalue weighted by Crippen LogP contribution is -2.29. The van der Waals surface area contributed by atoms with Crippen molar-refractivity contribution in [1.29, 1.82) is 0 Å². The Hall–Kier alpha value is -2.38. The highest BCUT2D eigenvalue weighted by Gasteiger charge is 2.33. The van der Waals surface area contributed by atoms with Gasteiger partial charge in [-0.05, 0) is 12.1 Å². The van der Waals surface area contributed by atoms with Crippen LogP contribution in [0.4, 0.5) is 0 Å². The van der Waals surface area contributed by atoms with E-state index in [9.17, 15) is 5.11 Å². The molecule has 1 fully saturated rings. The highest BCUT2D eigenvalue weighted by Crippen LogP contribution is 2.21. The largest absolute Gasteiger partial charge is 0.483 e. The fourth-order valence-electron chi connectivity index (χ4n) is 3.25. The Labute approximate surface area is 140 Å². The number of likely N-dealkylation sites (tertiary alicyclic amines) is 1. The maximum Gasteiger partial charge on any atom is 0.157 e. The van der Waals surface area contributed by atoms with Crippen LogP contribution < -0.4 is 4.74 Å². The van der Waals surface area contributed by atoms with Crippen LogP contribution in [0.3, 0.4) is 0 Å². The molecule has 24 heavy (non-hydrogen) atoms. The molecule has 1 aromatic carbocycles. The van der Waals surface area contributed by atoms with Gasteiger partial charge in [-0.3, -0.25) is 9.58 Å². The van der Waals surface area contributed by atoms with E-state index in [0.29, 0.717) is 25.4 Å². The van der Waals surface area contributed by atoms with Crippen molar-refractivity contribution in [3.63, 3.8) is 0 Å². The van der Waals surface area contributed by atoms with Crippen LogP contribution in [-0.4, -0.2) is 54.6 Å². The normalized spacial score (nSPS) is 21.6. The average Bonchev–Trinajstić information content (AvgIpc) is 3.21. The Kier molecular flexibility index (Phi) is 3.74. The zero-order valence-corrected chi connectivity index (χ0v) is 13.8. The number of aliphatic hydroxyl groups excluding tert-OH is 1. The fourth-order valence-corrected chi connectivity index (χ4v) is 3.25. The summed E-state index contributed by atoms with van der Waals surface area (Å²) < 4.78 is 9.66. The molecule has 1 aliphatic rings. The van der Waals surface area contributed by atoms with Gasteiger partial charge < -0.3 is 14.4 Å². The van der Waals surface area contributed by atoms with E-state index in [1.54, 1.807) is 17.1 Å². The first-order valence-corrected chi connectivity index (χ1v) is 8.06. The number of imidazole rings is 1. The minimum Gasteiger partial charge on any atom is -0.483 e. The fraction of sp³-hybridized carbons (Fsp3) is 0.412. The van der Waals surface area contributed by atoms with Crippen molar-refractivity contribution in [3.8, 4) is 5.75 Å². The van der Waals surface area contributed by atoms with Gasteiger partial charge in [-0.15, -0.1) is 0 Å². The molecule has 1 aliphatic heterocycles. The SMILES string of the molecule is Cn1cc(O[C@@H]2CN(Cc3nc4ccccc4n3C)C[C@H]2O)cn1. The van der Waals surface area contributed by atoms with E-state index in [1.165, 1.54) is 0 Å². The molecule has 0 unspecified atom stereocenters. The number of fused-ring (bicyclic) bond motifs is 1. The number of aryl methyl sites for hydroxylation is 2. The predicted octanol–water partition coefficient (Wildman–Crippen LogP) is 0.931. The first-order chi connectivity index (χ1) is 11.6. The molecule has 4 rings (SSSR count). The molecule has 0 saturated carbocycles. The maximum atomic E-state index is 10.3. The number of hydrogen-bond acceptors (Lipinski definition) is 5. The van der Waals surface area contributed by atoms with Crippen molar-refractivity contribution in [2.24, 2.45) is 14.1 Å². The van der Waals surface area contributed by atoms with E-state index in [4.69, 9.17) is 9.72 Å². The first-order valence-electron chi connectivity index (χ1n) is 8.06. The number of benzene rings is 1. The molecule has 7 nitrogen and oxygen atoms in total. The van der Waals surface area contributed by atoms with E-state index in [-0.39, 0.29) is 6.10 Å². The van der Waals surface area contributed by atoms with Crippen molar-refractivity contribution in [1.82, 2.24) is 24.2 Å². The number of ether oxygens (including phenoxy) is 1. The monoisotopic (exact) mass is 327 g/mol. The molecule has 0 spiro atoms. The van der Waals surface area contributed by atoms with Crippen molar-refractivity contribution in [3.05, 3.63) is 42.5 Å². The molecule has 0 bridgehead atoms. The minimum absolute atomic E-state index is 0.246. The van der Waals surface area contributed by atoms with Crippen molar-refractivity contribution >= 4 is 11.0 Å². The summed E-state index contributed by atoms with van der Waals surface area (Å²) in [7, 11) is 3.87. The van der Waals surface area contributed by atoms with Crippen molar-refractivity contribution in [2.45, 2.75) is 18.8 Å². The van der Waals surface area contributed by atoms with Gasteiger partial charge in [0, 0.05) is 27.2 Å². The summed E-state index contributed by atoms with van der Waals surface area (Å²) in [6.07, 6.45) is 2.71. The second kappa shape index (κ2) is 5.92. The zero-order valence-electron chi connectivity index (χ0n) is 13.8. The van der Waals surface area contributed by atoms with Crippen LogP contribution in [0, 0.1) is 0 Å². The summed E-state index contributed by atoms with van der Waals surface area (Å²) in [6, 6.07) is 8.10. The zero-order chi connectivity index (χ0) is 16.7. The van der Waals surface area contributed by atoms with Crippen molar-refractivity contribution in [2.75, 3.05) is 13.1 Å². The van der Waals surface area contributed by atoms with Crippen LogP contribution in [0.5, 0.6) is 5.75 Å². The Morgan fingerprint density at radius 3 is 2.83 bits per heavy atom. The predicted molar refractivity (Wildman–Crippen MR) is 89.6 cm³/mol. The quantitative estimate of drug-likeness (QED) is 0.772. The van der Waals surface area contributed by atoms with Crippen LogP contribution in [0.2, 0.25) is 0 Å². The highest BCUT2D eigenvalue weighted by molar-refractivity contribution is 5.75. The van der Waals surface area contributed by atoms with Gasteiger partial charge >= 0.3 is 0 Å². The number of aromatic nitrogens is 4. The molecule has 2 aromatic heterocycles. The average molecular weight is 327 g/mol. The lowest BCUT2D eigenvalue weighted by atomic mass is 10.3. The topological polar surface area (TPSA) is 68.3 Å². The van der Waals surface area contributed by atoms with Gasteiger partial charge in [0.15, 0.2) is 5.75 Å².